The third-order valence-corrected chi connectivity index (χ3v) is 2.03. The van der Waals surface area contributed by atoms with Gasteiger partial charge in [-0.2, -0.15) is 0 Å². The first-order valence-electron chi connectivity index (χ1n) is 5.41. The first-order valence-corrected chi connectivity index (χ1v) is 5.41. The lowest BCUT2D eigenvalue weighted by Gasteiger charge is -1.98. The van der Waals surface area contributed by atoms with Crippen molar-refractivity contribution in [1.29, 1.82) is 0 Å². The van der Waals surface area contributed by atoms with Gasteiger partial charge in [-0.25, -0.2) is 9.97 Å². The summed E-state index contributed by atoms with van der Waals surface area (Å²) in [4.78, 5) is 8.00. The van der Waals surface area contributed by atoms with Crippen molar-refractivity contribution in [2.75, 3.05) is 0 Å². The van der Waals surface area contributed by atoms with Crippen molar-refractivity contribution < 1.29 is 0 Å². The predicted molar refractivity (Wildman–Crippen MR) is 70.1 cm³/mol. The van der Waals surface area contributed by atoms with E-state index in [0.29, 0.717) is 11.5 Å². The standard InChI is InChI=1S/C12H11N7/c1-2-3-4-6-9(13)10-16-18-12(19-17-10)11-14-7-5-8-15-11/h2-8H,1,13H2/b4-3-,9-6-. The van der Waals surface area contributed by atoms with Gasteiger partial charge in [0.05, 0.1) is 5.70 Å². The van der Waals surface area contributed by atoms with Crippen molar-refractivity contribution in [2.45, 2.75) is 0 Å². The van der Waals surface area contributed by atoms with Crippen LogP contribution >= 0.6 is 0 Å². The van der Waals surface area contributed by atoms with Crippen LogP contribution in [0.15, 0.2) is 49.3 Å². The van der Waals surface area contributed by atoms with Gasteiger partial charge in [-0.1, -0.05) is 24.8 Å². The second-order valence-electron chi connectivity index (χ2n) is 3.36. The molecule has 2 heterocycles. The summed E-state index contributed by atoms with van der Waals surface area (Å²) in [5, 5.41) is 15.5. The molecule has 0 aliphatic rings. The SMILES string of the molecule is C=C/C=C\C=C(/N)c1nnc(-c2ncccn2)nn1. The van der Waals surface area contributed by atoms with Crippen LogP contribution in [0.4, 0.5) is 0 Å². The summed E-state index contributed by atoms with van der Waals surface area (Å²) < 4.78 is 0. The van der Waals surface area contributed by atoms with E-state index >= 15 is 0 Å². The minimum absolute atomic E-state index is 0.244. The van der Waals surface area contributed by atoms with Gasteiger partial charge in [0.2, 0.25) is 17.5 Å². The third-order valence-electron chi connectivity index (χ3n) is 2.03. The average molecular weight is 253 g/mol. The zero-order valence-corrected chi connectivity index (χ0v) is 10.0. The van der Waals surface area contributed by atoms with E-state index in [4.69, 9.17) is 5.73 Å². The summed E-state index contributed by atoms with van der Waals surface area (Å²) in [7, 11) is 0. The normalized spacial score (nSPS) is 11.7. The van der Waals surface area contributed by atoms with Crippen LogP contribution in [0.25, 0.3) is 17.3 Å². The van der Waals surface area contributed by atoms with Gasteiger partial charge < -0.3 is 5.73 Å². The van der Waals surface area contributed by atoms with Gasteiger partial charge in [0, 0.05) is 12.4 Å². The van der Waals surface area contributed by atoms with Crippen molar-refractivity contribution in [3.63, 3.8) is 0 Å². The maximum Gasteiger partial charge on any atom is 0.240 e. The van der Waals surface area contributed by atoms with Crippen molar-refractivity contribution in [3.05, 3.63) is 55.2 Å². The van der Waals surface area contributed by atoms with Crippen LogP contribution in [0, 0.1) is 0 Å². The maximum absolute atomic E-state index is 5.76. The Bertz CT molecular complexity index is 602. The zero-order chi connectivity index (χ0) is 13.5. The molecule has 0 saturated carbocycles. The molecule has 0 aliphatic carbocycles. The van der Waals surface area contributed by atoms with Crippen LogP contribution in [-0.2, 0) is 0 Å². The molecule has 2 rings (SSSR count). The van der Waals surface area contributed by atoms with Crippen molar-refractivity contribution in [3.8, 4) is 11.6 Å². The Labute approximate surface area is 109 Å². The smallest absolute Gasteiger partial charge is 0.240 e. The Hall–Kier alpha value is -2.96. The van der Waals surface area contributed by atoms with Crippen LogP contribution in [0.1, 0.15) is 5.82 Å². The van der Waals surface area contributed by atoms with E-state index < -0.39 is 0 Å². The average Bonchev–Trinajstić information content (AvgIpc) is 2.48. The quantitative estimate of drug-likeness (QED) is 0.802. The van der Waals surface area contributed by atoms with Gasteiger partial charge in [-0.3, -0.25) is 0 Å². The van der Waals surface area contributed by atoms with E-state index in [9.17, 15) is 0 Å². The first kappa shape index (κ1) is 12.5. The summed E-state index contributed by atoms with van der Waals surface area (Å²) in [6.07, 6.45) is 9.91. The van der Waals surface area contributed by atoms with Gasteiger partial charge in [-0.15, -0.1) is 20.4 Å². The Morgan fingerprint density at radius 1 is 1.00 bits per heavy atom. The molecule has 0 spiro atoms. The molecular formula is C12H11N7. The van der Waals surface area contributed by atoms with Crippen LogP contribution in [-0.4, -0.2) is 30.4 Å². The molecular weight excluding hydrogens is 242 g/mol. The van der Waals surface area contributed by atoms with Gasteiger partial charge >= 0.3 is 0 Å². The maximum atomic E-state index is 5.76. The van der Waals surface area contributed by atoms with Crippen LogP contribution in [0.2, 0.25) is 0 Å². The highest BCUT2D eigenvalue weighted by Gasteiger charge is 2.07. The highest BCUT2D eigenvalue weighted by Crippen LogP contribution is 2.05. The van der Waals surface area contributed by atoms with E-state index in [0.717, 1.165) is 0 Å². The Morgan fingerprint density at radius 2 is 1.68 bits per heavy atom. The summed E-state index contributed by atoms with van der Waals surface area (Å²) >= 11 is 0. The molecule has 0 saturated heterocycles. The molecule has 0 radical (unpaired) electrons. The van der Waals surface area contributed by atoms with Gasteiger partial charge in [0.1, 0.15) is 0 Å². The fourth-order valence-corrected chi connectivity index (χ4v) is 1.16. The molecule has 0 unspecified atom stereocenters. The topological polar surface area (TPSA) is 103 Å². The second-order valence-corrected chi connectivity index (χ2v) is 3.36. The minimum Gasteiger partial charge on any atom is -0.396 e. The van der Waals surface area contributed by atoms with Gasteiger partial charge in [0.15, 0.2) is 0 Å². The number of hydrogen-bond acceptors (Lipinski definition) is 7. The van der Waals surface area contributed by atoms with Crippen molar-refractivity contribution in [2.24, 2.45) is 5.73 Å². The molecule has 0 aromatic carbocycles. The summed E-state index contributed by atoms with van der Waals surface area (Å²) in [5.74, 6) is 0.857. The van der Waals surface area contributed by atoms with Crippen LogP contribution in [0.5, 0.6) is 0 Å². The molecule has 94 valence electrons. The summed E-state index contributed by atoms with van der Waals surface area (Å²) in [6, 6.07) is 1.70. The summed E-state index contributed by atoms with van der Waals surface area (Å²) in [5.41, 5.74) is 6.12. The molecule has 2 N–H and O–H groups in total. The highest BCUT2D eigenvalue weighted by molar-refractivity contribution is 5.57. The Morgan fingerprint density at radius 3 is 2.32 bits per heavy atom. The largest absolute Gasteiger partial charge is 0.396 e. The molecule has 2 aromatic heterocycles. The van der Waals surface area contributed by atoms with Crippen LogP contribution in [0.3, 0.4) is 0 Å². The van der Waals surface area contributed by atoms with Crippen molar-refractivity contribution in [1.82, 2.24) is 30.4 Å². The zero-order valence-electron chi connectivity index (χ0n) is 10.0. The second kappa shape index (κ2) is 6.10. The van der Waals surface area contributed by atoms with Gasteiger partial charge in [-0.05, 0) is 12.1 Å². The number of nitrogens with zero attached hydrogens (tertiary/aromatic N) is 6. The predicted octanol–water partition coefficient (Wildman–Crippen LogP) is 0.765. The van der Waals surface area contributed by atoms with E-state index in [-0.39, 0.29) is 11.6 Å². The highest BCUT2D eigenvalue weighted by atomic mass is 15.3. The molecule has 7 nitrogen and oxygen atoms in total. The third kappa shape index (κ3) is 3.25. The number of allylic oxidation sites excluding steroid dienone is 4. The van der Waals surface area contributed by atoms with E-state index in [1.54, 1.807) is 42.8 Å². The number of hydrogen-bond donors (Lipinski definition) is 1. The molecule has 2 aromatic rings. The number of aromatic nitrogens is 6. The molecule has 0 bridgehead atoms. The molecule has 7 heteroatoms. The van der Waals surface area contributed by atoms with E-state index in [1.807, 2.05) is 0 Å². The van der Waals surface area contributed by atoms with E-state index in [1.165, 1.54) is 0 Å². The molecule has 0 aliphatic heterocycles. The van der Waals surface area contributed by atoms with E-state index in [2.05, 4.69) is 36.9 Å². The lowest BCUT2D eigenvalue weighted by Crippen LogP contribution is -2.07. The van der Waals surface area contributed by atoms with Crippen molar-refractivity contribution >= 4 is 5.70 Å². The first-order chi connectivity index (χ1) is 9.31. The fraction of sp³-hybridized carbons (Fsp3) is 0. The fourth-order valence-electron chi connectivity index (χ4n) is 1.16. The molecule has 0 atom stereocenters. The number of nitrogens with two attached hydrogens (primary N) is 1. The minimum atomic E-state index is 0.244. The monoisotopic (exact) mass is 253 g/mol. The van der Waals surface area contributed by atoms with Gasteiger partial charge in [0.25, 0.3) is 0 Å². The van der Waals surface area contributed by atoms with Crippen LogP contribution < -0.4 is 5.73 Å². The lowest BCUT2D eigenvalue weighted by molar-refractivity contribution is 0.830. The lowest BCUT2D eigenvalue weighted by atomic mass is 10.3. The Kier molecular flexibility index (Phi) is 4.01. The molecule has 19 heavy (non-hydrogen) atoms. The summed E-state index contributed by atoms with van der Waals surface area (Å²) in [6.45, 7) is 3.55. The molecule has 0 fully saturated rings. The number of rotatable bonds is 4. The Balaban J connectivity index is 2.21. The molecule has 0 amide bonds.